The maximum absolute atomic E-state index is 12.3. The lowest BCUT2D eigenvalue weighted by Crippen LogP contribution is -2.46. The Labute approximate surface area is 133 Å². The topological polar surface area (TPSA) is 100 Å². The van der Waals surface area contributed by atoms with Crippen LogP contribution in [0.2, 0.25) is 0 Å². The summed E-state index contributed by atoms with van der Waals surface area (Å²) >= 11 is 0. The maximum atomic E-state index is 12.3. The highest BCUT2D eigenvalue weighted by Gasteiger charge is 2.24. The Hall–Kier alpha value is -2.64. The zero-order valence-corrected chi connectivity index (χ0v) is 12.9. The van der Waals surface area contributed by atoms with Crippen LogP contribution in [0.5, 0.6) is 0 Å². The minimum Gasteiger partial charge on any atom is -0.450 e. The van der Waals surface area contributed by atoms with E-state index in [4.69, 9.17) is 4.74 Å². The molecule has 0 spiro atoms. The van der Waals surface area contributed by atoms with Gasteiger partial charge in [-0.05, 0) is 38.0 Å². The van der Waals surface area contributed by atoms with E-state index >= 15 is 0 Å². The van der Waals surface area contributed by atoms with Crippen molar-refractivity contribution in [3.8, 4) is 0 Å². The number of benzene rings is 1. The van der Waals surface area contributed by atoms with E-state index < -0.39 is 0 Å². The first-order valence-electron chi connectivity index (χ1n) is 7.70. The van der Waals surface area contributed by atoms with Crippen LogP contribution in [0.25, 0.3) is 11.0 Å². The average Bonchev–Trinajstić information content (AvgIpc) is 3.03. The normalized spacial score (nSPS) is 15.6. The van der Waals surface area contributed by atoms with Gasteiger partial charge in [-0.2, -0.15) is 15.4 Å². The van der Waals surface area contributed by atoms with Gasteiger partial charge in [0.15, 0.2) is 0 Å². The van der Waals surface area contributed by atoms with Crippen LogP contribution in [0, 0.1) is 0 Å². The zero-order valence-electron chi connectivity index (χ0n) is 12.9. The van der Waals surface area contributed by atoms with E-state index in [1.807, 2.05) is 0 Å². The molecule has 1 aliphatic heterocycles. The van der Waals surface area contributed by atoms with E-state index in [0.717, 1.165) is 18.4 Å². The number of carbonyl (C=O) groups is 2. The van der Waals surface area contributed by atoms with Gasteiger partial charge in [0, 0.05) is 24.7 Å². The van der Waals surface area contributed by atoms with Crippen molar-refractivity contribution in [1.29, 1.82) is 0 Å². The molecule has 1 aliphatic rings. The molecule has 0 atom stereocenters. The van der Waals surface area contributed by atoms with Crippen LogP contribution in [0.15, 0.2) is 18.2 Å². The Balaban J connectivity index is 1.55. The summed E-state index contributed by atoms with van der Waals surface area (Å²) in [5, 5.41) is 13.5. The molecule has 1 aromatic heterocycles. The Morgan fingerprint density at radius 1 is 1.30 bits per heavy atom. The van der Waals surface area contributed by atoms with Gasteiger partial charge < -0.3 is 15.0 Å². The number of ether oxygens (including phenoxy) is 1. The highest BCUT2D eigenvalue weighted by Crippen LogP contribution is 2.14. The predicted octanol–water partition coefficient (Wildman–Crippen LogP) is 1.31. The number of hydrogen-bond donors (Lipinski definition) is 2. The lowest BCUT2D eigenvalue weighted by Gasteiger charge is -2.31. The van der Waals surface area contributed by atoms with Crippen LogP contribution < -0.4 is 5.32 Å². The van der Waals surface area contributed by atoms with Gasteiger partial charge in [0.1, 0.15) is 11.0 Å². The highest BCUT2D eigenvalue weighted by molar-refractivity contribution is 5.97. The van der Waals surface area contributed by atoms with Gasteiger partial charge in [-0.1, -0.05) is 0 Å². The number of piperidine rings is 1. The number of amides is 2. The van der Waals surface area contributed by atoms with Crippen molar-refractivity contribution in [2.75, 3.05) is 19.7 Å². The molecule has 2 N–H and O–H groups in total. The van der Waals surface area contributed by atoms with E-state index in [1.54, 1.807) is 30.0 Å². The van der Waals surface area contributed by atoms with Gasteiger partial charge in [0.2, 0.25) is 0 Å². The molecule has 2 heterocycles. The van der Waals surface area contributed by atoms with Crippen LogP contribution >= 0.6 is 0 Å². The number of aromatic amines is 1. The van der Waals surface area contributed by atoms with Gasteiger partial charge in [0.05, 0.1) is 6.61 Å². The molecule has 0 bridgehead atoms. The minimum atomic E-state index is -0.284. The Bertz CT molecular complexity index is 706. The van der Waals surface area contributed by atoms with Crippen molar-refractivity contribution in [1.82, 2.24) is 25.6 Å². The zero-order chi connectivity index (χ0) is 16.2. The van der Waals surface area contributed by atoms with E-state index in [9.17, 15) is 9.59 Å². The number of carbonyl (C=O) groups excluding carboxylic acids is 2. The SMILES string of the molecule is CCOC(=O)N1CCC(NC(=O)c2ccc3n[nH]nc3c2)CC1. The molecule has 0 aliphatic carbocycles. The Morgan fingerprint density at radius 3 is 2.78 bits per heavy atom. The molecule has 0 saturated carbocycles. The summed E-state index contributed by atoms with van der Waals surface area (Å²) in [7, 11) is 0. The first-order chi connectivity index (χ1) is 11.2. The molecular formula is C15H19N5O3. The lowest BCUT2D eigenvalue weighted by molar-refractivity contribution is 0.0860. The third-order valence-electron chi connectivity index (χ3n) is 3.93. The van der Waals surface area contributed by atoms with Crippen molar-refractivity contribution in [2.24, 2.45) is 0 Å². The number of fused-ring (bicyclic) bond motifs is 1. The third-order valence-corrected chi connectivity index (χ3v) is 3.93. The van der Waals surface area contributed by atoms with E-state index in [1.165, 1.54) is 0 Å². The molecule has 1 aromatic carbocycles. The molecule has 8 nitrogen and oxygen atoms in total. The molecule has 1 fully saturated rings. The highest BCUT2D eigenvalue weighted by atomic mass is 16.6. The number of nitrogens with zero attached hydrogens (tertiary/aromatic N) is 3. The summed E-state index contributed by atoms with van der Waals surface area (Å²) in [4.78, 5) is 25.6. The van der Waals surface area contributed by atoms with E-state index in [-0.39, 0.29) is 18.0 Å². The quantitative estimate of drug-likeness (QED) is 0.889. The summed E-state index contributed by atoms with van der Waals surface area (Å²) < 4.78 is 4.98. The summed E-state index contributed by atoms with van der Waals surface area (Å²) in [6.45, 7) is 3.34. The summed E-state index contributed by atoms with van der Waals surface area (Å²) in [5.74, 6) is -0.135. The van der Waals surface area contributed by atoms with E-state index in [2.05, 4.69) is 20.7 Å². The Morgan fingerprint density at radius 2 is 2.04 bits per heavy atom. The van der Waals surface area contributed by atoms with Crippen molar-refractivity contribution < 1.29 is 14.3 Å². The maximum Gasteiger partial charge on any atom is 0.409 e. The fourth-order valence-corrected chi connectivity index (χ4v) is 2.67. The van der Waals surface area contributed by atoms with Gasteiger partial charge in [0.25, 0.3) is 5.91 Å². The number of hydrogen-bond acceptors (Lipinski definition) is 5. The predicted molar refractivity (Wildman–Crippen MR) is 83.0 cm³/mol. The first-order valence-corrected chi connectivity index (χ1v) is 7.70. The molecule has 2 aromatic rings. The average molecular weight is 317 g/mol. The standard InChI is InChI=1S/C15H19N5O3/c1-2-23-15(22)20-7-5-11(6-8-20)16-14(21)10-3-4-12-13(9-10)18-19-17-12/h3-4,9,11H,2,5-8H2,1H3,(H,16,21)(H,17,18,19). The molecule has 0 radical (unpaired) electrons. The van der Waals surface area contributed by atoms with Crippen LogP contribution in [0.3, 0.4) is 0 Å². The van der Waals surface area contributed by atoms with Crippen LogP contribution in [0.1, 0.15) is 30.1 Å². The second kappa shape index (κ2) is 6.64. The molecule has 122 valence electrons. The number of likely N-dealkylation sites (tertiary alicyclic amines) is 1. The van der Waals surface area contributed by atoms with Crippen LogP contribution in [0.4, 0.5) is 4.79 Å². The monoisotopic (exact) mass is 317 g/mol. The molecule has 3 rings (SSSR count). The molecule has 1 saturated heterocycles. The summed E-state index contributed by atoms with van der Waals surface area (Å²) in [5.41, 5.74) is 1.94. The lowest BCUT2D eigenvalue weighted by atomic mass is 10.0. The van der Waals surface area contributed by atoms with Crippen molar-refractivity contribution >= 4 is 23.0 Å². The van der Waals surface area contributed by atoms with E-state index in [0.29, 0.717) is 30.8 Å². The Kier molecular flexibility index (Phi) is 4.40. The summed E-state index contributed by atoms with van der Waals surface area (Å²) in [6.07, 6.45) is 1.15. The van der Waals surface area contributed by atoms with Crippen molar-refractivity contribution in [3.05, 3.63) is 23.8 Å². The van der Waals surface area contributed by atoms with Crippen molar-refractivity contribution in [2.45, 2.75) is 25.8 Å². The molecular weight excluding hydrogens is 298 g/mol. The molecule has 23 heavy (non-hydrogen) atoms. The summed E-state index contributed by atoms with van der Waals surface area (Å²) in [6, 6.07) is 5.26. The first kappa shape index (κ1) is 15.3. The fraction of sp³-hybridized carbons (Fsp3) is 0.467. The van der Waals surface area contributed by atoms with Gasteiger partial charge in [-0.3, -0.25) is 4.79 Å². The van der Waals surface area contributed by atoms with Crippen LogP contribution in [-0.2, 0) is 4.74 Å². The van der Waals surface area contributed by atoms with Gasteiger partial charge >= 0.3 is 6.09 Å². The third kappa shape index (κ3) is 3.41. The van der Waals surface area contributed by atoms with Gasteiger partial charge in [-0.15, -0.1) is 0 Å². The second-order valence-corrected chi connectivity index (χ2v) is 5.46. The second-order valence-electron chi connectivity index (χ2n) is 5.46. The number of rotatable bonds is 3. The number of aromatic nitrogens is 3. The number of nitrogens with one attached hydrogen (secondary N) is 2. The van der Waals surface area contributed by atoms with Crippen molar-refractivity contribution in [3.63, 3.8) is 0 Å². The van der Waals surface area contributed by atoms with Crippen LogP contribution in [-0.4, -0.2) is 58.0 Å². The molecule has 0 unspecified atom stereocenters. The number of H-pyrrole nitrogens is 1. The minimum absolute atomic E-state index is 0.0567. The largest absolute Gasteiger partial charge is 0.450 e. The molecule has 2 amide bonds. The smallest absolute Gasteiger partial charge is 0.409 e. The van der Waals surface area contributed by atoms with Gasteiger partial charge in [-0.25, -0.2) is 4.79 Å². The molecule has 8 heteroatoms. The fourth-order valence-electron chi connectivity index (χ4n) is 2.67.